The summed E-state index contributed by atoms with van der Waals surface area (Å²) in [6.07, 6.45) is 1.81. The number of amides is 1. The Morgan fingerprint density at radius 3 is 2.42 bits per heavy atom. The molecule has 1 fully saturated rings. The Bertz CT molecular complexity index is 1300. The van der Waals surface area contributed by atoms with Crippen LogP contribution < -0.4 is 9.47 Å². The van der Waals surface area contributed by atoms with Crippen LogP contribution in [0.2, 0.25) is 0 Å². The minimum absolute atomic E-state index is 0.134. The number of nitrogens with zero attached hydrogens (tertiary/aromatic N) is 2. The molecule has 184 valence electrons. The number of hydrogen-bond donors (Lipinski definition) is 1. The number of benzene rings is 3. The van der Waals surface area contributed by atoms with Gasteiger partial charge in [0.1, 0.15) is 6.61 Å². The van der Waals surface area contributed by atoms with E-state index >= 15 is 0 Å². The molecule has 1 heterocycles. The summed E-state index contributed by atoms with van der Waals surface area (Å²) in [5, 5.41) is 9.63. The zero-order chi connectivity index (χ0) is 25.5. The molecule has 1 saturated heterocycles. The topological polar surface area (TPSA) is 88.4 Å². The quantitative estimate of drug-likeness (QED) is 0.362. The fourth-order valence-corrected chi connectivity index (χ4v) is 4.61. The van der Waals surface area contributed by atoms with Crippen molar-refractivity contribution >= 4 is 40.6 Å². The van der Waals surface area contributed by atoms with E-state index in [0.29, 0.717) is 47.0 Å². The SMILES string of the molecule is CCOc1cc(/C=C2\SC(=Nc3ccc(C(=O)O)cc3)N(CC)C2=O)ccc1OCc1ccccc1. The van der Waals surface area contributed by atoms with Crippen molar-refractivity contribution in [3.63, 3.8) is 0 Å². The third-order valence-corrected chi connectivity index (χ3v) is 6.35. The molecule has 1 amide bonds. The molecule has 0 atom stereocenters. The summed E-state index contributed by atoms with van der Waals surface area (Å²) in [7, 11) is 0. The number of aliphatic imine (C=N–C) groups is 1. The van der Waals surface area contributed by atoms with Crippen molar-refractivity contribution < 1.29 is 24.2 Å². The van der Waals surface area contributed by atoms with Crippen molar-refractivity contribution in [2.75, 3.05) is 13.2 Å². The number of carbonyl (C=O) groups excluding carboxylic acids is 1. The monoisotopic (exact) mass is 502 g/mol. The molecule has 1 aliphatic heterocycles. The molecule has 1 N–H and O–H groups in total. The molecule has 7 nitrogen and oxygen atoms in total. The second-order valence-electron chi connectivity index (χ2n) is 7.82. The summed E-state index contributed by atoms with van der Waals surface area (Å²) in [6.45, 7) is 5.17. The molecular weight excluding hydrogens is 476 g/mol. The molecule has 0 aliphatic carbocycles. The number of aromatic carboxylic acids is 1. The number of carboxylic acids is 1. The molecule has 0 radical (unpaired) electrons. The zero-order valence-electron chi connectivity index (χ0n) is 20.0. The molecule has 3 aromatic carbocycles. The largest absolute Gasteiger partial charge is 0.490 e. The Morgan fingerprint density at radius 1 is 1.00 bits per heavy atom. The Balaban J connectivity index is 1.56. The van der Waals surface area contributed by atoms with Crippen LogP contribution in [0.1, 0.15) is 35.3 Å². The smallest absolute Gasteiger partial charge is 0.335 e. The summed E-state index contributed by atoms with van der Waals surface area (Å²) in [5.74, 6) is 0.113. The molecule has 0 aromatic heterocycles. The first kappa shape index (κ1) is 25.1. The van der Waals surface area contributed by atoms with E-state index in [1.54, 1.807) is 17.0 Å². The summed E-state index contributed by atoms with van der Waals surface area (Å²) in [5.41, 5.74) is 2.63. The highest BCUT2D eigenvalue weighted by Crippen LogP contribution is 2.36. The van der Waals surface area contributed by atoms with Crippen molar-refractivity contribution in [3.8, 4) is 11.5 Å². The molecule has 36 heavy (non-hydrogen) atoms. The highest BCUT2D eigenvalue weighted by molar-refractivity contribution is 8.18. The number of amidine groups is 1. The first-order chi connectivity index (χ1) is 17.5. The lowest BCUT2D eigenvalue weighted by Gasteiger charge is -2.13. The lowest BCUT2D eigenvalue weighted by molar-refractivity contribution is -0.122. The van der Waals surface area contributed by atoms with Crippen LogP contribution in [0, 0.1) is 0 Å². The number of thioether (sulfide) groups is 1. The second kappa shape index (κ2) is 11.6. The fraction of sp³-hybridized carbons (Fsp3) is 0.179. The van der Waals surface area contributed by atoms with Crippen molar-refractivity contribution in [1.29, 1.82) is 0 Å². The normalized spacial score (nSPS) is 15.5. The highest BCUT2D eigenvalue weighted by atomic mass is 32.2. The number of carbonyl (C=O) groups is 2. The fourth-order valence-electron chi connectivity index (χ4n) is 3.55. The van der Waals surface area contributed by atoms with E-state index in [1.807, 2.05) is 68.5 Å². The van der Waals surface area contributed by atoms with E-state index < -0.39 is 5.97 Å². The van der Waals surface area contributed by atoms with Crippen LogP contribution in [0.5, 0.6) is 11.5 Å². The molecule has 0 bridgehead atoms. The minimum atomic E-state index is -0.997. The van der Waals surface area contributed by atoms with Gasteiger partial charge in [-0.3, -0.25) is 9.69 Å². The van der Waals surface area contributed by atoms with Gasteiger partial charge in [0, 0.05) is 6.54 Å². The van der Waals surface area contributed by atoms with Gasteiger partial charge in [0.05, 0.1) is 22.8 Å². The maximum absolute atomic E-state index is 13.0. The van der Waals surface area contributed by atoms with Gasteiger partial charge in [0.25, 0.3) is 5.91 Å². The predicted molar refractivity (Wildman–Crippen MR) is 142 cm³/mol. The van der Waals surface area contributed by atoms with E-state index in [1.165, 1.54) is 23.9 Å². The van der Waals surface area contributed by atoms with Crippen molar-refractivity contribution in [2.45, 2.75) is 20.5 Å². The Labute approximate surface area is 214 Å². The number of likely N-dealkylation sites (N-methyl/N-ethyl adjacent to an activating group) is 1. The minimum Gasteiger partial charge on any atom is -0.490 e. The summed E-state index contributed by atoms with van der Waals surface area (Å²) in [6, 6.07) is 21.7. The summed E-state index contributed by atoms with van der Waals surface area (Å²) in [4.78, 5) is 30.8. The van der Waals surface area contributed by atoms with Crippen LogP contribution in [0.3, 0.4) is 0 Å². The molecule has 3 aromatic rings. The van der Waals surface area contributed by atoms with E-state index in [2.05, 4.69) is 4.99 Å². The van der Waals surface area contributed by atoms with E-state index in [-0.39, 0.29) is 11.5 Å². The first-order valence-electron chi connectivity index (χ1n) is 11.6. The van der Waals surface area contributed by atoms with Gasteiger partial charge in [0.15, 0.2) is 16.7 Å². The number of ether oxygens (including phenoxy) is 2. The number of rotatable bonds is 9. The van der Waals surface area contributed by atoms with E-state index in [0.717, 1.165) is 11.1 Å². The van der Waals surface area contributed by atoms with Gasteiger partial charge in [-0.2, -0.15) is 0 Å². The summed E-state index contributed by atoms with van der Waals surface area (Å²) < 4.78 is 11.8. The molecule has 4 rings (SSSR count). The van der Waals surface area contributed by atoms with Gasteiger partial charge < -0.3 is 14.6 Å². The molecule has 0 spiro atoms. The van der Waals surface area contributed by atoms with Crippen LogP contribution in [-0.4, -0.2) is 40.2 Å². The van der Waals surface area contributed by atoms with Crippen LogP contribution in [0.4, 0.5) is 5.69 Å². The van der Waals surface area contributed by atoms with Gasteiger partial charge in [-0.25, -0.2) is 9.79 Å². The van der Waals surface area contributed by atoms with Crippen LogP contribution in [0.15, 0.2) is 82.7 Å². The first-order valence-corrected chi connectivity index (χ1v) is 12.4. The molecule has 0 saturated carbocycles. The van der Waals surface area contributed by atoms with Gasteiger partial charge in [-0.15, -0.1) is 0 Å². The van der Waals surface area contributed by atoms with Crippen molar-refractivity contribution in [2.24, 2.45) is 4.99 Å². The molecule has 1 aliphatic rings. The molecular formula is C28H26N2O5S. The lowest BCUT2D eigenvalue weighted by Crippen LogP contribution is -2.28. The maximum Gasteiger partial charge on any atom is 0.335 e. The Morgan fingerprint density at radius 2 is 1.75 bits per heavy atom. The lowest BCUT2D eigenvalue weighted by atomic mass is 10.1. The van der Waals surface area contributed by atoms with Crippen molar-refractivity contribution in [3.05, 3.63) is 94.4 Å². The highest BCUT2D eigenvalue weighted by Gasteiger charge is 2.32. The van der Waals surface area contributed by atoms with Gasteiger partial charge in [-0.05, 0) is 79.2 Å². The van der Waals surface area contributed by atoms with Crippen LogP contribution >= 0.6 is 11.8 Å². The average Bonchev–Trinajstić information content (AvgIpc) is 3.18. The third-order valence-electron chi connectivity index (χ3n) is 5.35. The van der Waals surface area contributed by atoms with Crippen LogP contribution in [0.25, 0.3) is 6.08 Å². The standard InChI is InChI=1S/C28H26N2O5S/c1-3-30-26(31)25(36-28(30)29-22-13-11-21(12-14-22)27(32)33)17-20-10-15-23(24(16-20)34-4-2)35-18-19-8-6-5-7-9-19/h5-17H,3-4,18H2,1-2H3,(H,32,33)/b25-17-,29-28?. The van der Waals surface area contributed by atoms with Gasteiger partial charge >= 0.3 is 5.97 Å². The second-order valence-corrected chi connectivity index (χ2v) is 8.83. The Kier molecular flexibility index (Phi) is 8.07. The molecule has 0 unspecified atom stereocenters. The maximum atomic E-state index is 13.0. The number of hydrogen-bond acceptors (Lipinski definition) is 6. The summed E-state index contributed by atoms with van der Waals surface area (Å²) >= 11 is 1.28. The van der Waals surface area contributed by atoms with Gasteiger partial charge in [-0.1, -0.05) is 36.4 Å². The average molecular weight is 503 g/mol. The number of carboxylic acid groups (broad SMARTS) is 1. The predicted octanol–water partition coefficient (Wildman–Crippen LogP) is 5.99. The van der Waals surface area contributed by atoms with Crippen molar-refractivity contribution in [1.82, 2.24) is 4.90 Å². The molecule has 8 heteroatoms. The third kappa shape index (κ3) is 5.95. The van der Waals surface area contributed by atoms with E-state index in [9.17, 15) is 9.59 Å². The zero-order valence-corrected chi connectivity index (χ0v) is 20.8. The van der Waals surface area contributed by atoms with Gasteiger partial charge in [0.2, 0.25) is 0 Å². The Hall–Kier alpha value is -4.04. The van der Waals surface area contributed by atoms with E-state index in [4.69, 9.17) is 14.6 Å². The van der Waals surface area contributed by atoms with Crippen LogP contribution in [-0.2, 0) is 11.4 Å².